The SMILES string of the molecule is CCCOc1c(Br)cc(/C=N/NC(=O)c2ccc(OC)c(OC)c2)cc1OC. The van der Waals surface area contributed by atoms with Crippen molar-refractivity contribution in [3.05, 3.63) is 45.9 Å². The highest BCUT2D eigenvalue weighted by atomic mass is 79.9. The van der Waals surface area contributed by atoms with E-state index in [0.29, 0.717) is 35.2 Å². The molecule has 0 spiro atoms. The maximum Gasteiger partial charge on any atom is 0.271 e. The van der Waals surface area contributed by atoms with Gasteiger partial charge in [-0.3, -0.25) is 4.79 Å². The average molecular weight is 451 g/mol. The molecule has 150 valence electrons. The summed E-state index contributed by atoms with van der Waals surface area (Å²) in [6, 6.07) is 8.49. The van der Waals surface area contributed by atoms with E-state index in [1.54, 1.807) is 31.4 Å². The van der Waals surface area contributed by atoms with Gasteiger partial charge < -0.3 is 18.9 Å². The second-order valence-electron chi connectivity index (χ2n) is 5.65. The van der Waals surface area contributed by atoms with Gasteiger partial charge in [0.2, 0.25) is 0 Å². The van der Waals surface area contributed by atoms with Crippen molar-refractivity contribution in [1.82, 2.24) is 5.43 Å². The van der Waals surface area contributed by atoms with Crippen LogP contribution < -0.4 is 24.4 Å². The molecule has 0 aliphatic rings. The minimum absolute atomic E-state index is 0.369. The molecule has 7 nitrogen and oxygen atoms in total. The smallest absolute Gasteiger partial charge is 0.271 e. The van der Waals surface area contributed by atoms with E-state index in [4.69, 9.17) is 18.9 Å². The predicted molar refractivity (Wildman–Crippen MR) is 111 cm³/mol. The Hall–Kier alpha value is -2.74. The molecule has 2 aromatic rings. The molecule has 0 radical (unpaired) electrons. The van der Waals surface area contributed by atoms with Crippen LogP contribution in [-0.4, -0.2) is 40.1 Å². The van der Waals surface area contributed by atoms with E-state index in [0.717, 1.165) is 16.5 Å². The molecule has 8 heteroatoms. The number of hydrogen-bond acceptors (Lipinski definition) is 6. The van der Waals surface area contributed by atoms with Crippen molar-refractivity contribution in [2.24, 2.45) is 5.10 Å². The number of carbonyl (C=O) groups is 1. The number of hydrazone groups is 1. The fraction of sp³-hybridized carbons (Fsp3) is 0.300. The summed E-state index contributed by atoms with van der Waals surface area (Å²) in [5.74, 6) is 1.86. The Balaban J connectivity index is 2.11. The Kier molecular flexibility index (Phi) is 8.13. The van der Waals surface area contributed by atoms with Crippen LogP contribution in [0, 0.1) is 0 Å². The Bertz CT molecular complexity index is 855. The largest absolute Gasteiger partial charge is 0.493 e. The first-order chi connectivity index (χ1) is 13.5. The van der Waals surface area contributed by atoms with E-state index in [1.165, 1.54) is 20.4 Å². The number of amides is 1. The molecule has 0 unspecified atom stereocenters. The van der Waals surface area contributed by atoms with Gasteiger partial charge in [-0.25, -0.2) is 5.43 Å². The topological polar surface area (TPSA) is 78.4 Å². The first kappa shape index (κ1) is 21.6. The molecule has 2 rings (SSSR count). The molecule has 0 saturated heterocycles. The molecule has 28 heavy (non-hydrogen) atoms. The molecule has 0 aromatic heterocycles. The number of nitrogens with zero attached hydrogens (tertiary/aromatic N) is 1. The van der Waals surface area contributed by atoms with Crippen LogP contribution in [0.5, 0.6) is 23.0 Å². The third-order valence-electron chi connectivity index (χ3n) is 3.73. The molecule has 0 heterocycles. The summed E-state index contributed by atoms with van der Waals surface area (Å²) in [7, 11) is 4.62. The van der Waals surface area contributed by atoms with E-state index >= 15 is 0 Å². The third-order valence-corrected chi connectivity index (χ3v) is 4.32. The van der Waals surface area contributed by atoms with Gasteiger partial charge in [0.1, 0.15) is 0 Å². The van der Waals surface area contributed by atoms with Crippen molar-refractivity contribution < 1.29 is 23.7 Å². The zero-order chi connectivity index (χ0) is 20.5. The molecule has 2 aromatic carbocycles. The van der Waals surface area contributed by atoms with E-state index in [-0.39, 0.29) is 5.91 Å². The molecular formula is C20H23BrN2O5. The number of carbonyl (C=O) groups excluding carboxylic acids is 1. The molecule has 1 amide bonds. The number of rotatable bonds is 9. The minimum Gasteiger partial charge on any atom is -0.493 e. The van der Waals surface area contributed by atoms with Crippen molar-refractivity contribution in [3.63, 3.8) is 0 Å². The molecule has 1 N–H and O–H groups in total. The second kappa shape index (κ2) is 10.6. The van der Waals surface area contributed by atoms with Gasteiger partial charge in [-0.05, 0) is 58.2 Å². The lowest BCUT2D eigenvalue weighted by Gasteiger charge is -2.12. The van der Waals surface area contributed by atoms with E-state index in [9.17, 15) is 4.79 Å². The Morgan fingerprint density at radius 2 is 1.79 bits per heavy atom. The molecule has 0 aliphatic heterocycles. The summed E-state index contributed by atoms with van der Waals surface area (Å²) < 4.78 is 22.2. The highest BCUT2D eigenvalue weighted by Gasteiger charge is 2.12. The number of ether oxygens (including phenoxy) is 4. The van der Waals surface area contributed by atoms with Crippen LogP contribution in [-0.2, 0) is 0 Å². The van der Waals surface area contributed by atoms with Crippen molar-refractivity contribution in [1.29, 1.82) is 0 Å². The quantitative estimate of drug-likeness (QED) is 0.460. The summed E-state index contributed by atoms with van der Waals surface area (Å²) in [6.45, 7) is 2.62. The lowest BCUT2D eigenvalue weighted by molar-refractivity contribution is 0.0954. The Morgan fingerprint density at radius 1 is 1.07 bits per heavy atom. The zero-order valence-electron chi connectivity index (χ0n) is 16.2. The lowest BCUT2D eigenvalue weighted by atomic mass is 10.2. The highest BCUT2D eigenvalue weighted by molar-refractivity contribution is 9.10. The summed E-state index contributed by atoms with van der Waals surface area (Å²) in [4.78, 5) is 12.3. The van der Waals surface area contributed by atoms with Gasteiger partial charge in [0.25, 0.3) is 5.91 Å². The van der Waals surface area contributed by atoms with Crippen LogP contribution in [0.15, 0.2) is 39.9 Å². The molecule has 0 bridgehead atoms. The average Bonchev–Trinajstić information content (AvgIpc) is 2.71. The standard InChI is InChI=1S/C20H23BrN2O5/c1-5-8-28-19-15(21)9-13(10-18(19)27-4)12-22-23-20(24)14-6-7-16(25-2)17(11-14)26-3/h6-7,9-12H,5,8H2,1-4H3,(H,23,24)/b22-12+. The fourth-order valence-corrected chi connectivity index (χ4v) is 2.94. The van der Waals surface area contributed by atoms with Crippen molar-refractivity contribution >= 4 is 28.1 Å². The van der Waals surface area contributed by atoms with Gasteiger partial charge in [-0.2, -0.15) is 5.10 Å². The van der Waals surface area contributed by atoms with Crippen molar-refractivity contribution in [3.8, 4) is 23.0 Å². The summed E-state index contributed by atoms with van der Waals surface area (Å²) in [5.41, 5.74) is 3.63. The van der Waals surface area contributed by atoms with Gasteiger partial charge in [0, 0.05) is 5.56 Å². The predicted octanol–water partition coefficient (Wildman–Crippen LogP) is 4.03. The second-order valence-corrected chi connectivity index (χ2v) is 6.51. The van der Waals surface area contributed by atoms with Crippen LogP contribution in [0.1, 0.15) is 29.3 Å². The zero-order valence-corrected chi connectivity index (χ0v) is 17.8. The van der Waals surface area contributed by atoms with Crippen LogP contribution in [0.25, 0.3) is 0 Å². The Labute approximate surface area is 172 Å². The van der Waals surface area contributed by atoms with E-state index in [2.05, 4.69) is 26.5 Å². The monoisotopic (exact) mass is 450 g/mol. The normalized spacial score (nSPS) is 10.6. The molecule has 0 saturated carbocycles. The van der Waals surface area contributed by atoms with Gasteiger partial charge in [-0.1, -0.05) is 6.92 Å². The summed E-state index contributed by atoms with van der Waals surface area (Å²) in [5, 5.41) is 4.01. The summed E-state index contributed by atoms with van der Waals surface area (Å²) >= 11 is 3.48. The molecule has 0 atom stereocenters. The van der Waals surface area contributed by atoms with Gasteiger partial charge in [0.05, 0.1) is 38.6 Å². The first-order valence-electron chi connectivity index (χ1n) is 8.59. The van der Waals surface area contributed by atoms with Crippen LogP contribution in [0.4, 0.5) is 0 Å². The number of nitrogens with one attached hydrogen (secondary N) is 1. The van der Waals surface area contributed by atoms with Gasteiger partial charge in [-0.15, -0.1) is 0 Å². The first-order valence-corrected chi connectivity index (χ1v) is 9.39. The highest BCUT2D eigenvalue weighted by Crippen LogP contribution is 2.36. The third kappa shape index (κ3) is 5.39. The molecule has 0 fully saturated rings. The van der Waals surface area contributed by atoms with E-state index in [1.807, 2.05) is 13.0 Å². The van der Waals surface area contributed by atoms with Crippen LogP contribution >= 0.6 is 15.9 Å². The molecular weight excluding hydrogens is 428 g/mol. The van der Waals surface area contributed by atoms with Gasteiger partial charge in [0.15, 0.2) is 23.0 Å². The van der Waals surface area contributed by atoms with Crippen molar-refractivity contribution in [2.75, 3.05) is 27.9 Å². The van der Waals surface area contributed by atoms with Gasteiger partial charge >= 0.3 is 0 Å². The van der Waals surface area contributed by atoms with Crippen molar-refractivity contribution in [2.45, 2.75) is 13.3 Å². The maximum atomic E-state index is 12.3. The number of hydrogen-bond donors (Lipinski definition) is 1. The molecule has 0 aliphatic carbocycles. The van der Waals surface area contributed by atoms with Crippen LogP contribution in [0.3, 0.4) is 0 Å². The number of benzene rings is 2. The summed E-state index contributed by atoms with van der Waals surface area (Å²) in [6.07, 6.45) is 2.41. The minimum atomic E-state index is -0.369. The van der Waals surface area contributed by atoms with Crippen LogP contribution in [0.2, 0.25) is 0 Å². The lowest BCUT2D eigenvalue weighted by Crippen LogP contribution is -2.17. The maximum absolute atomic E-state index is 12.3. The number of methoxy groups -OCH3 is 3. The van der Waals surface area contributed by atoms with E-state index < -0.39 is 0 Å². The fourth-order valence-electron chi connectivity index (χ4n) is 2.37. The Morgan fingerprint density at radius 3 is 2.43 bits per heavy atom. The number of halogens is 1.